The van der Waals surface area contributed by atoms with Gasteiger partial charge in [0, 0.05) is 0 Å². The second-order valence-electron chi connectivity index (χ2n) is 8.89. The van der Waals surface area contributed by atoms with Crippen molar-refractivity contribution >= 4 is 23.6 Å². The zero-order chi connectivity index (χ0) is 26.0. The number of rotatable bonds is 12. The molecule has 1 fully saturated rings. The van der Waals surface area contributed by atoms with Crippen LogP contribution in [0.2, 0.25) is 0 Å². The molecule has 1 amide bonds. The molecule has 194 valence electrons. The molecule has 3 atom stereocenters. The number of amides is 1. The molecular formula is C30H33NO5S. The molecule has 0 N–H and O–H groups in total. The Labute approximate surface area is 222 Å². The summed E-state index contributed by atoms with van der Waals surface area (Å²) >= 11 is 1.58. The number of carbonyl (C=O) groups excluding carboxylic acids is 2. The number of ether oxygens (including phenoxy) is 3. The van der Waals surface area contributed by atoms with E-state index >= 15 is 0 Å². The lowest BCUT2D eigenvalue weighted by atomic mass is 10.1. The highest BCUT2D eigenvalue weighted by Gasteiger charge is 2.46. The first kappa shape index (κ1) is 26.8. The normalized spacial score (nSPS) is 18.0. The van der Waals surface area contributed by atoms with E-state index in [4.69, 9.17) is 14.2 Å². The van der Waals surface area contributed by atoms with Gasteiger partial charge in [-0.25, -0.2) is 4.79 Å². The molecule has 1 aliphatic heterocycles. The molecule has 4 rings (SSSR count). The quantitative estimate of drug-likeness (QED) is 0.259. The Morgan fingerprint density at radius 3 is 2.38 bits per heavy atom. The van der Waals surface area contributed by atoms with Gasteiger partial charge in [-0.1, -0.05) is 80.4 Å². The minimum absolute atomic E-state index is 0.0467. The Kier molecular flexibility index (Phi) is 9.63. The highest BCUT2D eigenvalue weighted by molar-refractivity contribution is 8.01. The van der Waals surface area contributed by atoms with Crippen LogP contribution in [-0.2, 0) is 25.7 Å². The monoisotopic (exact) mass is 519 g/mol. The van der Waals surface area contributed by atoms with Crippen molar-refractivity contribution in [2.24, 2.45) is 0 Å². The van der Waals surface area contributed by atoms with Gasteiger partial charge in [-0.05, 0) is 41.8 Å². The lowest BCUT2D eigenvalue weighted by Crippen LogP contribution is -2.48. The van der Waals surface area contributed by atoms with Crippen molar-refractivity contribution in [2.75, 3.05) is 13.7 Å². The molecule has 3 aromatic carbocycles. The number of carbonyl (C=O) groups is 2. The third kappa shape index (κ3) is 6.93. The first-order chi connectivity index (χ1) is 18.1. The van der Waals surface area contributed by atoms with Gasteiger partial charge in [-0.2, -0.15) is 0 Å². The van der Waals surface area contributed by atoms with E-state index < -0.39 is 12.0 Å². The second kappa shape index (κ2) is 13.3. The Bertz CT molecular complexity index is 1160. The van der Waals surface area contributed by atoms with Gasteiger partial charge in [0.25, 0.3) is 0 Å². The molecule has 1 heterocycles. The van der Waals surface area contributed by atoms with Gasteiger partial charge in [0.2, 0.25) is 5.91 Å². The van der Waals surface area contributed by atoms with Gasteiger partial charge in [0.05, 0.1) is 25.6 Å². The number of methoxy groups -OCH3 is 1. The number of nitrogens with zero attached hydrogens (tertiary/aromatic N) is 1. The molecular weight excluding hydrogens is 486 g/mol. The van der Waals surface area contributed by atoms with E-state index in [1.165, 1.54) is 7.11 Å². The molecule has 0 bridgehead atoms. The number of benzene rings is 3. The van der Waals surface area contributed by atoms with Gasteiger partial charge >= 0.3 is 5.97 Å². The molecule has 1 saturated heterocycles. The van der Waals surface area contributed by atoms with Gasteiger partial charge in [0.15, 0.2) is 6.04 Å². The topological polar surface area (TPSA) is 65.1 Å². The average Bonchev–Trinajstić information content (AvgIpc) is 3.26. The zero-order valence-corrected chi connectivity index (χ0v) is 22.1. The Hall–Kier alpha value is -3.29. The molecule has 7 heteroatoms. The number of hydrogen-bond donors (Lipinski definition) is 0. The summed E-state index contributed by atoms with van der Waals surface area (Å²) in [4.78, 5) is 28.3. The van der Waals surface area contributed by atoms with Crippen molar-refractivity contribution in [1.29, 1.82) is 0 Å². The van der Waals surface area contributed by atoms with Crippen LogP contribution in [0.3, 0.4) is 0 Å². The van der Waals surface area contributed by atoms with Crippen molar-refractivity contribution in [1.82, 2.24) is 4.90 Å². The number of para-hydroxylation sites is 1. The SMILES string of the molecule is CCCCC1SC(c2cccc(Oc3ccccc3)c2)N([C@@H](COCc2ccccc2)C(=O)OC)C1=O. The van der Waals surface area contributed by atoms with E-state index in [1.54, 1.807) is 16.7 Å². The number of thioether (sulfide) groups is 1. The van der Waals surface area contributed by atoms with Gasteiger partial charge < -0.3 is 19.1 Å². The van der Waals surface area contributed by atoms with E-state index in [0.29, 0.717) is 12.4 Å². The Morgan fingerprint density at radius 2 is 1.68 bits per heavy atom. The van der Waals surface area contributed by atoms with E-state index in [-0.39, 0.29) is 23.1 Å². The van der Waals surface area contributed by atoms with E-state index in [2.05, 4.69) is 6.92 Å². The number of hydrogen-bond acceptors (Lipinski definition) is 6. The van der Waals surface area contributed by atoms with Crippen LogP contribution in [0.1, 0.15) is 42.7 Å². The summed E-state index contributed by atoms with van der Waals surface area (Å²) in [5.41, 5.74) is 1.89. The first-order valence-corrected chi connectivity index (χ1v) is 13.5. The standard InChI is InChI=1S/C30H33NO5S/c1-3-4-18-27-28(32)31(26(30(33)34-2)21-35-20-22-12-7-5-8-13-22)29(37-27)23-14-11-17-25(19-23)36-24-15-9-6-10-16-24/h5-17,19,26-27,29H,3-4,18,20-21H2,1-2H3/t26-,27?,29?/m0/s1. The lowest BCUT2D eigenvalue weighted by molar-refractivity contribution is -0.155. The van der Waals surface area contributed by atoms with Crippen LogP contribution < -0.4 is 4.74 Å². The highest BCUT2D eigenvalue weighted by Crippen LogP contribution is 2.46. The highest BCUT2D eigenvalue weighted by atomic mass is 32.2. The molecule has 0 radical (unpaired) electrons. The fourth-order valence-electron chi connectivity index (χ4n) is 4.32. The van der Waals surface area contributed by atoms with Crippen LogP contribution in [0.4, 0.5) is 0 Å². The minimum atomic E-state index is -0.857. The van der Waals surface area contributed by atoms with Crippen LogP contribution in [0.25, 0.3) is 0 Å². The fraction of sp³-hybridized carbons (Fsp3) is 0.333. The summed E-state index contributed by atoms with van der Waals surface area (Å²) in [6.07, 6.45) is 2.69. The predicted octanol–water partition coefficient (Wildman–Crippen LogP) is 6.37. The van der Waals surface area contributed by atoms with Crippen molar-refractivity contribution in [3.63, 3.8) is 0 Å². The summed E-state index contributed by atoms with van der Waals surface area (Å²) in [5.74, 6) is 0.856. The molecule has 0 aliphatic carbocycles. The van der Waals surface area contributed by atoms with Gasteiger partial charge in [-0.15, -0.1) is 11.8 Å². The number of unbranched alkanes of at least 4 members (excludes halogenated alkanes) is 1. The minimum Gasteiger partial charge on any atom is -0.467 e. The lowest BCUT2D eigenvalue weighted by Gasteiger charge is -2.31. The first-order valence-electron chi connectivity index (χ1n) is 12.6. The van der Waals surface area contributed by atoms with Crippen LogP contribution in [0, 0.1) is 0 Å². The third-order valence-electron chi connectivity index (χ3n) is 6.21. The zero-order valence-electron chi connectivity index (χ0n) is 21.2. The summed E-state index contributed by atoms with van der Waals surface area (Å²) in [7, 11) is 1.35. The van der Waals surface area contributed by atoms with Crippen LogP contribution >= 0.6 is 11.8 Å². The maximum Gasteiger partial charge on any atom is 0.331 e. The Balaban J connectivity index is 1.59. The molecule has 2 unspecified atom stereocenters. The number of esters is 1. The van der Waals surface area contributed by atoms with Crippen LogP contribution in [0.15, 0.2) is 84.9 Å². The molecule has 0 spiro atoms. The van der Waals surface area contributed by atoms with Crippen LogP contribution in [-0.4, -0.2) is 41.8 Å². The maximum atomic E-state index is 13.7. The summed E-state index contributed by atoms with van der Waals surface area (Å²) in [6.45, 7) is 2.50. The summed E-state index contributed by atoms with van der Waals surface area (Å²) < 4.78 is 17.1. The van der Waals surface area contributed by atoms with Crippen molar-refractivity contribution in [3.8, 4) is 11.5 Å². The van der Waals surface area contributed by atoms with E-state index in [1.807, 2.05) is 84.9 Å². The predicted molar refractivity (Wildman–Crippen MR) is 145 cm³/mol. The molecule has 0 saturated carbocycles. The van der Waals surface area contributed by atoms with Crippen molar-refractivity contribution in [3.05, 3.63) is 96.1 Å². The van der Waals surface area contributed by atoms with Crippen LogP contribution in [0.5, 0.6) is 11.5 Å². The smallest absolute Gasteiger partial charge is 0.331 e. The third-order valence-corrected chi connectivity index (χ3v) is 7.74. The van der Waals surface area contributed by atoms with E-state index in [0.717, 1.165) is 36.1 Å². The van der Waals surface area contributed by atoms with Gasteiger partial charge in [-0.3, -0.25) is 4.79 Å². The maximum absolute atomic E-state index is 13.7. The molecule has 6 nitrogen and oxygen atoms in total. The molecule has 1 aliphatic rings. The Morgan fingerprint density at radius 1 is 0.973 bits per heavy atom. The molecule has 0 aromatic heterocycles. The summed E-state index contributed by atoms with van der Waals surface area (Å²) in [6, 6.07) is 26.2. The second-order valence-corrected chi connectivity index (χ2v) is 10.2. The van der Waals surface area contributed by atoms with E-state index in [9.17, 15) is 9.59 Å². The van der Waals surface area contributed by atoms with Crippen molar-refractivity contribution in [2.45, 2.75) is 49.5 Å². The average molecular weight is 520 g/mol. The van der Waals surface area contributed by atoms with Gasteiger partial charge in [0.1, 0.15) is 16.9 Å². The largest absolute Gasteiger partial charge is 0.467 e. The molecule has 3 aromatic rings. The van der Waals surface area contributed by atoms with Crippen molar-refractivity contribution < 1.29 is 23.8 Å². The summed E-state index contributed by atoms with van der Waals surface area (Å²) in [5, 5.41) is -0.594. The fourth-order valence-corrected chi connectivity index (χ4v) is 5.85. The molecule has 37 heavy (non-hydrogen) atoms.